The number of ketones is 1. The first-order valence-corrected chi connectivity index (χ1v) is 9.80. The van der Waals surface area contributed by atoms with Crippen molar-refractivity contribution < 1.29 is 9.53 Å². The van der Waals surface area contributed by atoms with Crippen LogP contribution >= 0.6 is 0 Å². The van der Waals surface area contributed by atoms with E-state index in [-0.39, 0.29) is 5.78 Å². The van der Waals surface area contributed by atoms with Crippen molar-refractivity contribution in [2.24, 2.45) is 7.05 Å². The average Bonchev–Trinajstić information content (AvgIpc) is 3.08. The van der Waals surface area contributed by atoms with E-state index in [1.54, 1.807) is 7.11 Å². The minimum Gasteiger partial charge on any atom is -0.497 e. The number of aromatic nitrogens is 2. The highest BCUT2D eigenvalue weighted by Gasteiger charge is 2.31. The second-order valence-electron chi connectivity index (χ2n) is 7.47. The number of rotatable bonds is 6. The van der Waals surface area contributed by atoms with Gasteiger partial charge >= 0.3 is 0 Å². The minimum atomic E-state index is -0.533. The molecule has 0 amide bonds. The number of fused-ring (bicyclic) bond motifs is 1. The summed E-state index contributed by atoms with van der Waals surface area (Å²) in [6.07, 6.45) is 0.905. The van der Waals surface area contributed by atoms with Gasteiger partial charge in [0.25, 0.3) is 0 Å². The van der Waals surface area contributed by atoms with E-state index in [1.165, 1.54) is 0 Å². The van der Waals surface area contributed by atoms with E-state index < -0.39 is 6.04 Å². The van der Waals surface area contributed by atoms with Gasteiger partial charge < -0.3 is 15.0 Å². The van der Waals surface area contributed by atoms with E-state index in [0.29, 0.717) is 5.69 Å². The number of methoxy groups -OCH3 is 1. The zero-order valence-electron chi connectivity index (χ0n) is 17.1. The van der Waals surface area contributed by atoms with Crippen LogP contribution in [0.15, 0.2) is 54.6 Å². The number of aryl methyl sites for hydroxylation is 1. The van der Waals surface area contributed by atoms with Crippen LogP contribution in [0, 0.1) is 0 Å². The number of Topliss-reactive ketones (excluding diaryl/α,β-unsaturated/α-hetero) is 1. The van der Waals surface area contributed by atoms with Crippen LogP contribution in [0.2, 0.25) is 0 Å². The Balaban J connectivity index is 1.73. The van der Waals surface area contributed by atoms with Crippen LogP contribution in [0.3, 0.4) is 0 Å². The number of nitrogens with one attached hydrogen (secondary N) is 1. The zero-order chi connectivity index (χ0) is 20.4. The lowest BCUT2D eigenvalue weighted by molar-refractivity contribution is 0.0962. The first kappa shape index (κ1) is 19.2. The third kappa shape index (κ3) is 3.89. The molecule has 0 spiro atoms. The largest absolute Gasteiger partial charge is 0.497 e. The Bertz CT molecular complexity index is 1010. The van der Waals surface area contributed by atoms with Crippen molar-refractivity contribution in [2.45, 2.75) is 19.0 Å². The van der Waals surface area contributed by atoms with E-state index in [1.807, 2.05) is 66.3 Å². The molecule has 0 radical (unpaired) electrons. The van der Waals surface area contributed by atoms with Crippen molar-refractivity contribution in [1.82, 2.24) is 14.7 Å². The highest BCUT2D eigenvalue weighted by molar-refractivity contribution is 6.02. The van der Waals surface area contributed by atoms with Gasteiger partial charge in [0.1, 0.15) is 17.5 Å². The van der Waals surface area contributed by atoms with Crippen LogP contribution in [-0.4, -0.2) is 41.2 Å². The minimum absolute atomic E-state index is 0.0221. The van der Waals surface area contributed by atoms with E-state index in [4.69, 9.17) is 4.74 Å². The number of benzene rings is 2. The zero-order valence-corrected chi connectivity index (χ0v) is 17.1. The Morgan fingerprint density at radius 1 is 1.14 bits per heavy atom. The van der Waals surface area contributed by atoms with Gasteiger partial charge in [-0.3, -0.25) is 9.48 Å². The standard InChI is InChI=1S/C23H26N4O2/c1-26-13-12-20-19(15-26)22(25-27(20)2)23(28)21(16-8-5-4-6-9-16)24-17-10-7-11-18(14-17)29-3/h4-11,14,21,24H,12-13,15H2,1-3H3. The molecule has 0 saturated carbocycles. The Labute approximate surface area is 171 Å². The fraction of sp³-hybridized carbons (Fsp3) is 0.304. The van der Waals surface area contributed by atoms with Crippen LogP contribution < -0.4 is 10.1 Å². The topological polar surface area (TPSA) is 59.4 Å². The molecular formula is C23H26N4O2. The Hall–Kier alpha value is -3.12. The molecule has 1 N–H and O–H groups in total. The molecule has 2 aromatic carbocycles. The Morgan fingerprint density at radius 2 is 1.93 bits per heavy atom. The van der Waals surface area contributed by atoms with Crippen molar-refractivity contribution in [3.05, 3.63) is 77.1 Å². The summed E-state index contributed by atoms with van der Waals surface area (Å²) >= 11 is 0. The summed E-state index contributed by atoms with van der Waals surface area (Å²) < 4.78 is 7.19. The van der Waals surface area contributed by atoms with E-state index in [0.717, 1.165) is 47.8 Å². The summed E-state index contributed by atoms with van der Waals surface area (Å²) in [6.45, 7) is 1.72. The quantitative estimate of drug-likeness (QED) is 0.654. The van der Waals surface area contributed by atoms with E-state index >= 15 is 0 Å². The van der Waals surface area contributed by atoms with Gasteiger partial charge in [-0.1, -0.05) is 36.4 Å². The van der Waals surface area contributed by atoms with Gasteiger partial charge in [-0.15, -0.1) is 0 Å². The van der Waals surface area contributed by atoms with Crippen LogP contribution in [0.1, 0.15) is 33.4 Å². The van der Waals surface area contributed by atoms with Crippen molar-refractivity contribution >= 4 is 11.5 Å². The first-order valence-electron chi connectivity index (χ1n) is 9.80. The summed E-state index contributed by atoms with van der Waals surface area (Å²) in [5.41, 5.74) is 4.48. The van der Waals surface area contributed by atoms with Crippen molar-refractivity contribution in [3.8, 4) is 5.75 Å². The Kier molecular flexibility index (Phi) is 5.36. The highest BCUT2D eigenvalue weighted by Crippen LogP contribution is 2.29. The number of anilines is 1. The predicted molar refractivity (Wildman–Crippen MR) is 113 cm³/mol. The lowest BCUT2D eigenvalue weighted by atomic mass is 9.96. The van der Waals surface area contributed by atoms with Crippen LogP contribution in [0.4, 0.5) is 5.69 Å². The smallest absolute Gasteiger partial charge is 0.210 e. The van der Waals surface area contributed by atoms with Crippen LogP contribution in [0.25, 0.3) is 0 Å². The highest BCUT2D eigenvalue weighted by atomic mass is 16.5. The lowest BCUT2D eigenvalue weighted by Gasteiger charge is -2.24. The summed E-state index contributed by atoms with van der Waals surface area (Å²) in [5.74, 6) is 0.720. The first-order chi connectivity index (χ1) is 14.1. The summed E-state index contributed by atoms with van der Waals surface area (Å²) in [4.78, 5) is 15.9. The molecule has 1 aromatic heterocycles. The predicted octanol–water partition coefficient (Wildman–Crippen LogP) is 3.45. The van der Waals surface area contributed by atoms with Crippen molar-refractivity contribution in [3.63, 3.8) is 0 Å². The van der Waals surface area contributed by atoms with Gasteiger partial charge in [-0.05, 0) is 24.7 Å². The number of ether oxygens (including phenoxy) is 1. The van der Waals surface area contributed by atoms with Gasteiger partial charge in [0.05, 0.1) is 7.11 Å². The average molecular weight is 390 g/mol. The van der Waals surface area contributed by atoms with Crippen molar-refractivity contribution in [2.75, 3.05) is 26.0 Å². The summed E-state index contributed by atoms with van der Waals surface area (Å²) in [7, 11) is 5.64. The normalized spacial score (nSPS) is 14.9. The monoisotopic (exact) mass is 390 g/mol. The molecule has 0 aliphatic carbocycles. The van der Waals surface area contributed by atoms with E-state index in [9.17, 15) is 4.79 Å². The number of carbonyl (C=O) groups excluding carboxylic acids is 1. The molecule has 1 aliphatic rings. The van der Waals surface area contributed by atoms with Gasteiger partial charge in [0.15, 0.2) is 0 Å². The number of hydrogen-bond donors (Lipinski definition) is 1. The molecule has 3 aromatic rings. The molecule has 0 fully saturated rings. The molecule has 0 bridgehead atoms. The maximum absolute atomic E-state index is 13.7. The summed E-state index contributed by atoms with van der Waals surface area (Å²) in [6, 6.07) is 16.9. The van der Waals surface area contributed by atoms with Crippen molar-refractivity contribution in [1.29, 1.82) is 0 Å². The molecule has 2 heterocycles. The maximum atomic E-state index is 13.7. The molecule has 4 rings (SSSR count). The van der Waals surface area contributed by atoms with Gasteiger partial charge in [0, 0.05) is 49.6 Å². The molecule has 6 nitrogen and oxygen atoms in total. The molecule has 1 atom stereocenters. The fourth-order valence-electron chi connectivity index (χ4n) is 3.89. The maximum Gasteiger partial charge on any atom is 0.210 e. The SMILES string of the molecule is COc1cccc(NC(C(=O)c2nn(C)c3c2CN(C)CC3)c2ccccc2)c1. The lowest BCUT2D eigenvalue weighted by Crippen LogP contribution is -2.29. The molecule has 1 unspecified atom stereocenters. The molecular weight excluding hydrogens is 364 g/mol. The summed E-state index contributed by atoms with van der Waals surface area (Å²) in [5, 5.41) is 8.03. The van der Waals surface area contributed by atoms with Gasteiger partial charge in [-0.2, -0.15) is 5.10 Å². The number of hydrogen-bond acceptors (Lipinski definition) is 5. The third-order valence-electron chi connectivity index (χ3n) is 5.44. The van der Waals surface area contributed by atoms with Crippen LogP contribution in [0.5, 0.6) is 5.75 Å². The second-order valence-corrected chi connectivity index (χ2v) is 7.47. The van der Waals surface area contributed by atoms with E-state index in [2.05, 4.69) is 22.4 Å². The molecule has 6 heteroatoms. The second kappa shape index (κ2) is 8.09. The molecule has 1 aliphatic heterocycles. The number of likely N-dealkylation sites (N-methyl/N-ethyl adjacent to an activating group) is 1. The Morgan fingerprint density at radius 3 is 2.69 bits per heavy atom. The number of nitrogens with zero attached hydrogens (tertiary/aromatic N) is 3. The van der Waals surface area contributed by atoms with Gasteiger partial charge in [-0.25, -0.2) is 0 Å². The van der Waals surface area contributed by atoms with Gasteiger partial charge in [0.2, 0.25) is 5.78 Å². The number of carbonyl (C=O) groups is 1. The fourth-order valence-corrected chi connectivity index (χ4v) is 3.89. The molecule has 150 valence electrons. The van der Waals surface area contributed by atoms with Crippen LogP contribution in [-0.2, 0) is 20.0 Å². The third-order valence-corrected chi connectivity index (χ3v) is 5.44. The molecule has 0 saturated heterocycles. The molecule has 29 heavy (non-hydrogen) atoms.